The minimum Gasteiger partial charge on any atom is -0.352 e. The van der Waals surface area contributed by atoms with Crippen LogP contribution in [0.1, 0.15) is 125 Å². The molecular formula is C53H62Cl2N6O8S. The first-order valence-corrected chi connectivity index (χ1v) is 26.4. The van der Waals surface area contributed by atoms with E-state index in [9.17, 15) is 32.4 Å². The molecule has 372 valence electrons. The SMILES string of the molecule is CC(C)[C@@H](CS(=O)(=O)C(C)C)N1C(=O)[C@@](C)(CC(=O)Nc2ccc(C(=O)NCCCCCc3ccc4c(c3)n(C)c(=O)n4C3CCC(=O)NC3=O)cc2)C[C@H](c2cccc(Cl)c2)[C@H]1c1ccc(Cl)cc1. The first-order valence-electron chi connectivity index (χ1n) is 23.9. The molecule has 1 unspecified atom stereocenters. The number of nitrogens with zero attached hydrogens (tertiary/aromatic N) is 3. The number of benzene rings is 4. The first-order chi connectivity index (χ1) is 33.2. The number of carbonyl (C=O) groups is 5. The zero-order valence-corrected chi connectivity index (χ0v) is 42.8. The predicted molar refractivity (Wildman–Crippen MR) is 274 cm³/mol. The molecule has 17 heteroatoms. The molecule has 14 nitrogen and oxygen atoms in total. The van der Waals surface area contributed by atoms with Crippen LogP contribution in [-0.2, 0) is 42.5 Å². The molecule has 5 aromatic rings. The van der Waals surface area contributed by atoms with E-state index in [4.69, 9.17) is 23.2 Å². The number of imide groups is 1. The number of imidazole rings is 1. The Morgan fingerprint density at radius 1 is 0.843 bits per heavy atom. The number of amides is 5. The second-order valence-electron chi connectivity index (χ2n) is 19.7. The van der Waals surface area contributed by atoms with Crippen LogP contribution < -0.4 is 21.6 Å². The van der Waals surface area contributed by atoms with E-state index in [0.29, 0.717) is 38.9 Å². The number of hydrogen-bond acceptors (Lipinski definition) is 8. The van der Waals surface area contributed by atoms with Gasteiger partial charge in [-0.25, -0.2) is 13.2 Å². The Morgan fingerprint density at radius 3 is 2.21 bits per heavy atom. The van der Waals surface area contributed by atoms with Crippen LogP contribution in [0.15, 0.2) is 95.8 Å². The van der Waals surface area contributed by atoms with Gasteiger partial charge in [0.25, 0.3) is 5.91 Å². The second kappa shape index (κ2) is 21.7. The number of likely N-dealkylation sites (tertiary alicyclic amines) is 1. The van der Waals surface area contributed by atoms with Gasteiger partial charge in [-0.15, -0.1) is 0 Å². The van der Waals surface area contributed by atoms with Crippen molar-refractivity contribution in [3.8, 4) is 0 Å². The predicted octanol–water partition coefficient (Wildman–Crippen LogP) is 8.71. The Labute approximate surface area is 419 Å². The fourth-order valence-electron chi connectivity index (χ4n) is 9.93. The molecule has 2 aliphatic rings. The van der Waals surface area contributed by atoms with Crippen molar-refractivity contribution < 1.29 is 32.4 Å². The average molecular weight is 1010 g/mol. The van der Waals surface area contributed by atoms with Gasteiger partial charge in [0.05, 0.1) is 33.5 Å². The molecule has 0 aliphatic carbocycles. The van der Waals surface area contributed by atoms with E-state index in [1.54, 1.807) is 75.2 Å². The second-order valence-corrected chi connectivity index (χ2v) is 23.2. The lowest BCUT2D eigenvalue weighted by Crippen LogP contribution is -2.59. The van der Waals surface area contributed by atoms with Gasteiger partial charge in [0, 0.05) is 59.7 Å². The minimum absolute atomic E-state index is 0.176. The largest absolute Gasteiger partial charge is 0.352 e. The number of piperidine rings is 2. The van der Waals surface area contributed by atoms with Gasteiger partial charge in [0.15, 0.2) is 9.84 Å². The van der Waals surface area contributed by atoms with Crippen molar-refractivity contribution in [2.45, 2.75) is 115 Å². The van der Waals surface area contributed by atoms with Crippen LogP contribution in [0.4, 0.5) is 5.69 Å². The highest BCUT2D eigenvalue weighted by molar-refractivity contribution is 7.92. The fourth-order valence-corrected chi connectivity index (χ4v) is 11.7. The summed E-state index contributed by atoms with van der Waals surface area (Å²) >= 11 is 12.9. The zero-order chi connectivity index (χ0) is 50.7. The van der Waals surface area contributed by atoms with Gasteiger partial charge in [0.2, 0.25) is 23.6 Å². The van der Waals surface area contributed by atoms with Crippen LogP contribution in [-0.4, -0.2) is 75.6 Å². The number of anilines is 1. The fraction of sp³-hybridized carbons (Fsp3) is 0.434. The smallest absolute Gasteiger partial charge is 0.329 e. The van der Waals surface area contributed by atoms with Gasteiger partial charge < -0.3 is 15.5 Å². The molecule has 0 saturated carbocycles. The van der Waals surface area contributed by atoms with E-state index in [1.165, 1.54) is 9.13 Å². The Hall–Kier alpha value is -5.77. The van der Waals surface area contributed by atoms with E-state index in [2.05, 4.69) is 16.0 Å². The highest BCUT2D eigenvalue weighted by Gasteiger charge is 2.53. The third-order valence-electron chi connectivity index (χ3n) is 13.9. The molecule has 5 atom stereocenters. The lowest BCUT2D eigenvalue weighted by molar-refractivity contribution is -0.157. The summed E-state index contributed by atoms with van der Waals surface area (Å²) in [4.78, 5) is 81.4. The zero-order valence-electron chi connectivity index (χ0n) is 40.5. The van der Waals surface area contributed by atoms with Crippen molar-refractivity contribution >= 4 is 79.3 Å². The summed E-state index contributed by atoms with van der Waals surface area (Å²) in [5.74, 6) is -2.68. The van der Waals surface area contributed by atoms with Gasteiger partial charge in [-0.3, -0.25) is 38.4 Å². The summed E-state index contributed by atoms with van der Waals surface area (Å²) in [6.45, 7) is 9.33. The normalized spacial score (nSPS) is 20.2. The Kier molecular flexibility index (Phi) is 16.1. The van der Waals surface area contributed by atoms with E-state index in [0.717, 1.165) is 42.4 Å². The molecule has 70 heavy (non-hydrogen) atoms. The first kappa shape index (κ1) is 52.1. The number of aromatic nitrogens is 2. The van der Waals surface area contributed by atoms with E-state index in [-0.39, 0.29) is 66.7 Å². The maximum atomic E-state index is 15.2. The molecule has 2 fully saturated rings. The maximum absolute atomic E-state index is 15.2. The summed E-state index contributed by atoms with van der Waals surface area (Å²) in [5, 5.41) is 8.59. The highest BCUT2D eigenvalue weighted by atomic mass is 35.5. The maximum Gasteiger partial charge on any atom is 0.329 e. The molecule has 1 aromatic heterocycles. The third-order valence-corrected chi connectivity index (χ3v) is 16.7. The number of sulfone groups is 1. The molecule has 4 aromatic carbocycles. The van der Waals surface area contributed by atoms with Crippen molar-refractivity contribution in [1.82, 2.24) is 24.7 Å². The standard InChI is InChI=1S/C53H62Cl2N6O8S/c1-32(2)45(31-70(68,69)33(3)4)61-48(35-15-19-38(54)20-16-35)41(37-12-10-13-39(55)28-37)29-53(5,51(61)66)30-47(63)57-40-21-17-36(18-22-40)49(64)56-26-9-7-8-11-34-14-23-42-44(27-34)59(6)52(67)60(42)43-24-25-46(62)58-50(43)65/h10,12-23,27-28,32-33,41,43,45,48H,7-9,11,24-26,29-31H2,1-6H3,(H,56,64)(H,57,63)(H,58,62,65)/t41-,43?,45-,48-,53-/m1/s1. The molecule has 2 saturated heterocycles. The molecule has 3 N–H and O–H groups in total. The van der Waals surface area contributed by atoms with Crippen LogP contribution in [0.5, 0.6) is 0 Å². The average Bonchev–Trinajstić information content (AvgIpc) is 3.55. The number of halogens is 2. The quantitative estimate of drug-likeness (QED) is 0.0575. The Morgan fingerprint density at radius 2 is 1.56 bits per heavy atom. The van der Waals surface area contributed by atoms with Crippen molar-refractivity contribution in [3.63, 3.8) is 0 Å². The van der Waals surface area contributed by atoms with Crippen molar-refractivity contribution in [2.75, 3.05) is 17.6 Å². The van der Waals surface area contributed by atoms with Gasteiger partial charge in [-0.05, 0) is 129 Å². The molecule has 3 heterocycles. The van der Waals surface area contributed by atoms with Gasteiger partial charge in [-0.1, -0.05) is 80.7 Å². The summed E-state index contributed by atoms with van der Waals surface area (Å²) in [6.07, 6.45) is 3.72. The van der Waals surface area contributed by atoms with Crippen LogP contribution in [0.3, 0.4) is 0 Å². The van der Waals surface area contributed by atoms with Crippen molar-refractivity contribution in [2.24, 2.45) is 18.4 Å². The Balaban J connectivity index is 0.979. The number of unbranched alkanes of at least 4 members (excludes halogenated alkanes) is 2. The van der Waals surface area contributed by atoms with Gasteiger partial charge >= 0.3 is 5.69 Å². The highest BCUT2D eigenvalue weighted by Crippen LogP contribution is 2.53. The van der Waals surface area contributed by atoms with Gasteiger partial charge in [-0.2, -0.15) is 0 Å². The summed E-state index contributed by atoms with van der Waals surface area (Å²) in [6, 6.07) is 24.9. The molecule has 0 bridgehead atoms. The van der Waals surface area contributed by atoms with Crippen LogP contribution in [0.2, 0.25) is 10.0 Å². The van der Waals surface area contributed by atoms with E-state index >= 15 is 4.79 Å². The number of hydrogen-bond donors (Lipinski definition) is 3. The van der Waals surface area contributed by atoms with Crippen LogP contribution >= 0.6 is 23.2 Å². The summed E-state index contributed by atoms with van der Waals surface area (Å²) in [7, 11) is -1.95. The lowest BCUT2D eigenvalue weighted by atomic mass is 9.66. The Bertz CT molecular complexity index is 2950. The van der Waals surface area contributed by atoms with Crippen LogP contribution in [0, 0.1) is 11.3 Å². The van der Waals surface area contributed by atoms with E-state index < -0.39 is 50.4 Å². The topological polar surface area (TPSA) is 186 Å². The third kappa shape index (κ3) is 11.5. The number of fused-ring (bicyclic) bond motifs is 1. The van der Waals surface area contributed by atoms with Gasteiger partial charge in [0.1, 0.15) is 6.04 Å². The minimum atomic E-state index is -3.62. The molecule has 0 radical (unpaired) electrons. The molecule has 2 aliphatic heterocycles. The molecular weight excluding hydrogens is 952 g/mol. The number of rotatable bonds is 18. The molecule has 7 rings (SSSR count). The summed E-state index contributed by atoms with van der Waals surface area (Å²) < 4.78 is 30.3. The van der Waals surface area contributed by atoms with E-state index in [1.807, 2.05) is 62.4 Å². The number of carbonyl (C=O) groups excluding carboxylic acids is 5. The van der Waals surface area contributed by atoms with Crippen LogP contribution in [0.25, 0.3) is 11.0 Å². The monoisotopic (exact) mass is 1010 g/mol. The molecule has 0 spiro atoms. The van der Waals surface area contributed by atoms with Crippen molar-refractivity contribution in [1.29, 1.82) is 0 Å². The number of aryl methyl sites for hydroxylation is 2. The lowest BCUT2D eigenvalue weighted by Gasteiger charge is -2.53. The summed E-state index contributed by atoms with van der Waals surface area (Å²) in [5.41, 5.74) is 3.34. The number of nitrogens with one attached hydrogen (secondary N) is 3. The molecule has 5 amide bonds. The van der Waals surface area contributed by atoms with Crippen molar-refractivity contribution in [3.05, 3.63) is 134 Å².